The van der Waals surface area contributed by atoms with Gasteiger partial charge in [0.1, 0.15) is 5.02 Å². The standard InChI is InChI=1S/C12H13ClN4O2/c1-18-10-4-3-8(5-14-10)6-15-11-9(13)7-16-12(17-11)19-2/h3-5,7H,6H2,1-2H3,(H,15,16,17). The fourth-order valence-electron chi connectivity index (χ4n) is 1.40. The van der Waals surface area contributed by atoms with Gasteiger partial charge in [0.2, 0.25) is 5.88 Å². The second-order valence-corrected chi connectivity index (χ2v) is 4.02. The van der Waals surface area contributed by atoms with E-state index in [-0.39, 0.29) is 6.01 Å². The maximum Gasteiger partial charge on any atom is 0.318 e. The predicted octanol–water partition coefficient (Wildman–Crippen LogP) is 2.15. The maximum absolute atomic E-state index is 5.99. The van der Waals surface area contributed by atoms with Crippen LogP contribution in [0.3, 0.4) is 0 Å². The molecule has 2 heterocycles. The molecule has 2 aromatic heterocycles. The lowest BCUT2D eigenvalue weighted by molar-refractivity contribution is 0.380. The highest BCUT2D eigenvalue weighted by Crippen LogP contribution is 2.20. The normalized spacial score (nSPS) is 10.1. The summed E-state index contributed by atoms with van der Waals surface area (Å²) in [5.74, 6) is 1.09. The molecule has 0 unspecified atom stereocenters. The van der Waals surface area contributed by atoms with Crippen LogP contribution in [-0.4, -0.2) is 29.2 Å². The Morgan fingerprint density at radius 2 is 2.00 bits per heavy atom. The summed E-state index contributed by atoms with van der Waals surface area (Å²) in [5, 5.41) is 3.53. The molecule has 0 aliphatic carbocycles. The Bertz CT molecular complexity index is 548. The van der Waals surface area contributed by atoms with Gasteiger partial charge in [0.25, 0.3) is 0 Å². The van der Waals surface area contributed by atoms with Gasteiger partial charge in [-0.3, -0.25) is 0 Å². The van der Waals surface area contributed by atoms with Crippen molar-refractivity contribution in [3.63, 3.8) is 0 Å². The number of rotatable bonds is 5. The van der Waals surface area contributed by atoms with E-state index in [2.05, 4.69) is 20.3 Å². The van der Waals surface area contributed by atoms with Crippen LogP contribution in [0, 0.1) is 0 Å². The first-order valence-corrected chi connectivity index (χ1v) is 5.90. The Kier molecular flexibility index (Phi) is 4.35. The summed E-state index contributed by atoms with van der Waals surface area (Å²) in [6, 6.07) is 3.96. The van der Waals surface area contributed by atoms with Crippen LogP contribution >= 0.6 is 11.6 Å². The summed E-state index contributed by atoms with van der Waals surface area (Å²) < 4.78 is 9.93. The molecule has 7 heteroatoms. The van der Waals surface area contributed by atoms with Crippen LogP contribution in [0.4, 0.5) is 5.82 Å². The molecule has 0 amide bonds. The minimum absolute atomic E-state index is 0.264. The zero-order valence-corrected chi connectivity index (χ0v) is 11.3. The number of aromatic nitrogens is 3. The second-order valence-electron chi connectivity index (χ2n) is 3.62. The summed E-state index contributed by atoms with van der Waals surface area (Å²) in [6.07, 6.45) is 3.21. The van der Waals surface area contributed by atoms with Crippen LogP contribution in [0.1, 0.15) is 5.56 Å². The third-order valence-corrected chi connectivity index (χ3v) is 2.65. The van der Waals surface area contributed by atoms with Gasteiger partial charge < -0.3 is 14.8 Å². The number of pyridine rings is 1. The molecule has 0 aliphatic heterocycles. The van der Waals surface area contributed by atoms with E-state index >= 15 is 0 Å². The first-order chi connectivity index (χ1) is 9.22. The van der Waals surface area contributed by atoms with Crippen LogP contribution in [0.15, 0.2) is 24.5 Å². The zero-order chi connectivity index (χ0) is 13.7. The van der Waals surface area contributed by atoms with Gasteiger partial charge in [0.05, 0.1) is 20.4 Å². The highest BCUT2D eigenvalue weighted by atomic mass is 35.5. The van der Waals surface area contributed by atoms with E-state index in [1.165, 1.54) is 13.3 Å². The lowest BCUT2D eigenvalue weighted by Gasteiger charge is -2.08. The first kappa shape index (κ1) is 13.4. The molecular weight excluding hydrogens is 268 g/mol. The van der Waals surface area contributed by atoms with Crippen molar-refractivity contribution in [3.8, 4) is 11.9 Å². The molecule has 0 atom stereocenters. The second kappa shape index (κ2) is 6.19. The van der Waals surface area contributed by atoms with E-state index in [9.17, 15) is 0 Å². The Hall–Kier alpha value is -2.08. The molecule has 0 aliphatic rings. The van der Waals surface area contributed by atoms with Crippen molar-refractivity contribution in [2.24, 2.45) is 0 Å². The number of nitrogens with zero attached hydrogens (tertiary/aromatic N) is 3. The minimum atomic E-state index is 0.264. The smallest absolute Gasteiger partial charge is 0.318 e. The SMILES string of the molecule is COc1ccc(CNc2nc(OC)ncc2Cl)cn1. The molecule has 2 aromatic rings. The largest absolute Gasteiger partial charge is 0.481 e. The monoisotopic (exact) mass is 280 g/mol. The fourth-order valence-corrected chi connectivity index (χ4v) is 1.55. The van der Waals surface area contributed by atoms with Crippen molar-refractivity contribution in [3.05, 3.63) is 35.1 Å². The van der Waals surface area contributed by atoms with Gasteiger partial charge in [-0.2, -0.15) is 4.98 Å². The van der Waals surface area contributed by atoms with Crippen LogP contribution in [0.5, 0.6) is 11.9 Å². The van der Waals surface area contributed by atoms with E-state index in [0.717, 1.165) is 5.56 Å². The summed E-state index contributed by atoms with van der Waals surface area (Å²) in [7, 11) is 3.08. The van der Waals surface area contributed by atoms with Gasteiger partial charge in [-0.05, 0) is 5.56 Å². The van der Waals surface area contributed by atoms with Crippen molar-refractivity contribution < 1.29 is 9.47 Å². The van der Waals surface area contributed by atoms with Gasteiger partial charge in [0, 0.05) is 18.8 Å². The number of methoxy groups -OCH3 is 2. The third-order valence-electron chi connectivity index (χ3n) is 2.37. The lowest BCUT2D eigenvalue weighted by atomic mass is 10.3. The Morgan fingerprint density at radius 1 is 1.16 bits per heavy atom. The van der Waals surface area contributed by atoms with Crippen LogP contribution < -0.4 is 14.8 Å². The quantitative estimate of drug-likeness (QED) is 0.905. The number of hydrogen-bond donors (Lipinski definition) is 1. The average molecular weight is 281 g/mol. The van der Waals surface area contributed by atoms with Gasteiger partial charge in [-0.1, -0.05) is 17.7 Å². The summed E-state index contributed by atoms with van der Waals surface area (Å²) in [4.78, 5) is 12.1. The number of nitrogens with one attached hydrogen (secondary N) is 1. The molecule has 0 spiro atoms. The molecule has 0 aromatic carbocycles. The summed E-state index contributed by atoms with van der Waals surface area (Å²) >= 11 is 5.99. The summed E-state index contributed by atoms with van der Waals surface area (Å²) in [6.45, 7) is 0.539. The molecule has 2 rings (SSSR count). The molecule has 1 N–H and O–H groups in total. The van der Waals surface area contributed by atoms with Crippen LogP contribution in [-0.2, 0) is 6.54 Å². The molecule has 0 saturated heterocycles. The van der Waals surface area contributed by atoms with E-state index in [1.54, 1.807) is 19.4 Å². The van der Waals surface area contributed by atoms with E-state index in [1.807, 2.05) is 6.07 Å². The highest BCUT2D eigenvalue weighted by Gasteiger charge is 2.05. The highest BCUT2D eigenvalue weighted by molar-refractivity contribution is 6.32. The Labute approximate surface area is 115 Å². The van der Waals surface area contributed by atoms with E-state index in [0.29, 0.717) is 23.3 Å². The molecule has 6 nitrogen and oxygen atoms in total. The van der Waals surface area contributed by atoms with Crippen molar-refractivity contribution in [2.75, 3.05) is 19.5 Å². The molecular formula is C12H13ClN4O2. The molecule has 0 bridgehead atoms. The number of halogens is 1. The molecule has 19 heavy (non-hydrogen) atoms. The van der Waals surface area contributed by atoms with Crippen molar-refractivity contribution in [1.82, 2.24) is 15.0 Å². The van der Waals surface area contributed by atoms with Gasteiger partial charge >= 0.3 is 6.01 Å². The zero-order valence-electron chi connectivity index (χ0n) is 10.6. The van der Waals surface area contributed by atoms with Gasteiger partial charge in [-0.15, -0.1) is 0 Å². The summed E-state index contributed by atoms with van der Waals surface area (Å²) in [5.41, 5.74) is 0.981. The predicted molar refractivity (Wildman–Crippen MR) is 71.7 cm³/mol. The lowest BCUT2D eigenvalue weighted by Crippen LogP contribution is -2.04. The van der Waals surface area contributed by atoms with Gasteiger partial charge in [-0.25, -0.2) is 9.97 Å². The average Bonchev–Trinajstić information content (AvgIpc) is 2.47. The fraction of sp³-hybridized carbons (Fsp3) is 0.250. The number of ether oxygens (including phenoxy) is 2. The molecule has 0 saturated carbocycles. The van der Waals surface area contributed by atoms with Crippen molar-refractivity contribution >= 4 is 17.4 Å². The molecule has 0 radical (unpaired) electrons. The Balaban J connectivity index is 2.05. The van der Waals surface area contributed by atoms with Crippen molar-refractivity contribution in [2.45, 2.75) is 6.54 Å². The number of anilines is 1. The molecule has 100 valence electrons. The Morgan fingerprint density at radius 3 is 2.63 bits per heavy atom. The van der Waals surface area contributed by atoms with Crippen LogP contribution in [0.25, 0.3) is 0 Å². The maximum atomic E-state index is 5.99. The topological polar surface area (TPSA) is 69.2 Å². The van der Waals surface area contributed by atoms with Crippen molar-refractivity contribution in [1.29, 1.82) is 0 Å². The first-order valence-electron chi connectivity index (χ1n) is 5.52. The third kappa shape index (κ3) is 3.45. The van der Waals surface area contributed by atoms with E-state index < -0.39 is 0 Å². The van der Waals surface area contributed by atoms with E-state index in [4.69, 9.17) is 21.1 Å². The molecule has 0 fully saturated rings. The van der Waals surface area contributed by atoms with Gasteiger partial charge in [0.15, 0.2) is 5.82 Å². The van der Waals surface area contributed by atoms with Crippen LogP contribution in [0.2, 0.25) is 5.02 Å². The number of hydrogen-bond acceptors (Lipinski definition) is 6. The minimum Gasteiger partial charge on any atom is -0.481 e.